The van der Waals surface area contributed by atoms with E-state index in [9.17, 15) is 9.59 Å². The number of carbonyl (C=O) groups is 2. The van der Waals surface area contributed by atoms with Crippen molar-refractivity contribution >= 4 is 39.4 Å². The predicted octanol–water partition coefficient (Wildman–Crippen LogP) is 3.04. The zero-order valence-corrected chi connectivity index (χ0v) is 12.4. The van der Waals surface area contributed by atoms with E-state index in [0.717, 1.165) is 4.47 Å². The molecule has 1 amide bonds. The average Bonchev–Trinajstić information content (AvgIpc) is 2.37. The van der Waals surface area contributed by atoms with Crippen molar-refractivity contribution in [3.8, 4) is 0 Å². The summed E-state index contributed by atoms with van der Waals surface area (Å²) in [5, 5.41) is 9.42. The van der Waals surface area contributed by atoms with E-state index in [1.807, 2.05) is 0 Å². The Bertz CT molecular complexity index is 492. The van der Waals surface area contributed by atoms with Gasteiger partial charge < -0.3 is 10.0 Å². The number of likely N-dealkylation sites (tertiary alicyclic amines) is 1. The molecule has 0 saturated carbocycles. The van der Waals surface area contributed by atoms with E-state index in [0.29, 0.717) is 36.5 Å². The predicted molar refractivity (Wildman–Crippen MR) is 75.4 cm³/mol. The molecule has 1 saturated heterocycles. The first-order chi connectivity index (χ1) is 8.97. The maximum absolute atomic E-state index is 12.3. The quantitative estimate of drug-likeness (QED) is 0.895. The van der Waals surface area contributed by atoms with Crippen LogP contribution in [-0.4, -0.2) is 35.0 Å². The number of aliphatic carboxylic acids is 1. The smallest absolute Gasteiger partial charge is 0.306 e. The molecular weight excluding hydrogens is 334 g/mol. The molecule has 1 fully saturated rings. The molecule has 0 spiro atoms. The fourth-order valence-corrected chi connectivity index (χ4v) is 3.05. The summed E-state index contributed by atoms with van der Waals surface area (Å²) < 4.78 is 0.753. The summed E-state index contributed by atoms with van der Waals surface area (Å²) >= 11 is 9.22. The molecule has 4 nitrogen and oxygen atoms in total. The van der Waals surface area contributed by atoms with E-state index in [-0.39, 0.29) is 11.8 Å². The number of rotatable bonds is 2. The molecule has 19 heavy (non-hydrogen) atoms. The highest BCUT2D eigenvalue weighted by molar-refractivity contribution is 9.10. The highest BCUT2D eigenvalue weighted by atomic mass is 79.9. The second-order valence-electron chi connectivity index (χ2n) is 4.56. The maximum Gasteiger partial charge on any atom is 0.306 e. The van der Waals surface area contributed by atoms with Gasteiger partial charge in [-0.2, -0.15) is 0 Å². The van der Waals surface area contributed by atoms with Crippen molar-refractivity contribution in [1.82, 2.24) is 4.90 Å². The lowest BCUT2D eigenvalue weighted by Gasteiger charge is -2.30. The Kier molecular flexibility index (Phi) is 4.47. The standard InChI is InChI=1S/C13H13BrClNO3/c14-10-5-9(6-11(15)7-10)12(17)16-3-1-8(2-4-16)13(18)19/h5-8H,1-4H2,(H,18,19). The lowest BCUT2D eigenvalue weighted by Crippen LogP contribution is -2.40. The van der Waals surface area contributed by atoms with Crippen molar-refractivity contribution in [3.05, 3.63) is 33.3 Å². The Labute approximate surface area is 124 Å². The fourth-order valence-electron chi connectivity index (χ4n) is 2.19. The molecule has 0 aromatic heterocycles. The summed E-state index contributed by atoms with van der Waals surface area (Å²) in [4.78, 5) is 24.8. The number of carbonyl (C=O) groups excluding carboxylic acids is 1. The highest BCUT2D eigenvalue weighted by Gasteiger charge is 2.27. The summed E-state index contributed by atoms with van der Waals surface area (Å²) in [6.45, 7) is 0.944. The summed E-state index contributed by atoms with van der Waals surface area (Å²) in [5.41, 5.74) is 0.521. The average molecular weight is 347 g/mol. The molecular formula is C13H13BrClNO3. The second kappa shape index (κ2) is 5.92. The molecule has 1 heterocycles. The summed E-state index contributed by atoms with van der Waals surface area (Å²) in [6, 6.07) is 5.06. The summed E-state index contributed by atoms with van der Waals surface area (Å²) in [6.07, 6.45) is 1.01. The molecule has 102 valence electrons. The second-order valence-corrected chi connectivity index (χ2v) is 5.91. The maximum atomic E-state index is 12.3. The van der Waals surface area contributed by atoms with Gasteiger partial charge in [0.1, 0.15) is 0 Å². The van der Waals surface area contributed by atoms with Gasteiger partial charge >= 0.3 is 5.97 Å². The third-order valence-electron chi connectivity index (χ3n) is 3.24. The van der Waals surface area contributed by atoms with Crippen LogP contribution in [0.1, 0.15) is 23.2 Å². The number of piperidine rings is 1. The zero-order chi connectivity index (χ0) is 14.0. The number of carboxylic acid groups (broad SMARTS) is 1. The van der Waals surface area contributed by atoms with Crippen LogP contribution in [0.5, 0.6) is 0 Å². The largest absolute Gasteiger partial charge is 0.481 e. The number of halogens is 2. The van der Waals surface area contributed by atoms with E-state index in [2.05, 4.69) is 15.9 Å². The van der Waals surface area contributed by atoms with Crippen LogP contribution in [-0.2, 0) is 4.79 Å². The van der Waals surface area contributed by atoms with Gasteiger partial charge in [-0.05, 0) is 31.0 Å². The van der Waals surface area contributed by atoms with E-state index in [1.54, 1.807) is 23.1 Å². The van der Waals surface area contributed by atoms with Crippen LogP contribution < -0.4 is 0 Å². The molecule has 0 atom stereocenters. The van der Waals surface area contributed by atoms with Crippen LogP contribution in [0.15, 0.2) is 22.7 Å². The molecule has 1 aliphatic heterocycles. The van der Waals surface area contributed by atoms with E-state index in [4.69, 9.17) is 16.7 Å². The third-order valence-corrected chi connectivity index (χ3v) is 3.92. The molecule has 0 radical (unpaired) electrons. The minimum Gasteiger partial charge on any atom is -0.481 e. The van der Waals surface area contributed by atoms with Gasteiger partial charge in [-0.15, -0.1) is 0 Å². The molecule has 1 aromatic rings. The molecule has 1 aliphatic rings. The SMILES string of the molecule is O=C(O)C1CCN(C(=O)c2cc(Cl)cc(Br)c2)CC1. The van der Waals surface area contributed by atoms with Gasteiger partial charge in [0.25, 0.3) is 5.91 Å². The van der Waals surface area contributed by atoms with Crippen molar-refractivity contribution in [2.45, 2.75) is 12.8 Å². The summed E-state index contributed by atoms with van der Waals surface area (Å²) in [7, 11) is 0. The lowest BCUT2D eigenvalue weighted by molar-refractivity contribution is -0.143. The van der Waals surface area contributed by atoms with Gasteiger partial charge in [0, 0.05) is 28.1 Å². The molecule has 0 aliphatic carbocycles. The molecule has 2 rings (SSSR count). The lowest BCUT2D eigenvalue weighted by atomic mass is 9.96. The van der Waals surface area contributed by atoms with Crippen LogP contribution in [0.25, 0.3) is 0 Å². The Morgan fingerprint density at radius 1 is 1.26 bits per heavy atom. The number of hydrogen-bond acceptors (Lipinski definition) is 2. The van der Waals surface area contributed by atoms with Crippen LogP contribution in [0, 0.1) is 5.92 Å². The summed E-state index contributed by atoms with van der Waals surface area (Å²) in [5.74, 6) is -1.22. The van der Waals surface area contributed by atoms with Gasteiger partial charge in [0.15, 0.2) is 0 Å². The van der Waals surface area contributed by atoms with E-state index < -0.39 is 5.97 Å². The minimum atomic E-state index is -0.780. The van der Waals surface area contributed by atoms with Gasteiger partial charge in [-0.25, -0.2) is 0 Å². The van der Waals surface area contributed by atoms with Crippen molar-refractivity contribution in [1.29, 1.82) is 0 Å². The van der Waals surface area contributed by atoms with Gasteiger partial charge in [-0.3, -0.25) is 9.59 Å². The molecule has 6 heteroatoms. The van der Waals surface area contributed by atoms with Crippen molar-refractivity contribution < 1.29 is 14.7 Å². The molecule has 0 bridgehead atoms. The number of carboxylic acids is 1. The van der Waals surface area contributed by atoms with Crippen LogP contribution in [0.2, 0.25) is 5.02 Å². The van der Waals surface area contributed by atoms with Crippen LogP contribution in [0.4, 0.5) is 0 Å². The van der Waals surface area contributed by atoms with Crippen LogP contribution in [0.3, 0.4) is 0 Å². The number of amides is 1. The van der Waals surface area contributed by atoms with Gasteiger partial charge in [0.05, 0.1) is 5.92 Å². The highest BCUT2D eigenvalue weighted by Crippen LogP contribution is 2.23. The van der Waals surface area contributed by atoms with Crippen LogP contribution >= 0.6 is 27.5 Å². The Morgan fingerprint density at radius 3 is 2.42 bits per heavy atom. The normalized spacial score (nSPS) is 16.4. The Morgan fingerprint density at radius 2 is 1.89 bits per heavy atom. The minimum absolute atomic E-state index is 0.105. The number of benzene rings is 1. The third kappa shape index (κ3) is 3.48. The number of nitrogens with zero attached hydrogens (tertiary/aromatic N) is 1. The zero-order valence-electron chi connectivity index (χ0n) is 10.1. The van der Waals surface area contributed by atoms with Gasteiger partial charge in [-0.1, -0.05) is 27.5 Å². The van der Waals surface area contributed by atoms with E-state index in [1.165, 1.54) is 0 Å². The first kappa shape index (κ1) is 14.3. The van der Waals surface area contributed by atoms with Crippen molar-refractivity contribution in [2.24, 2.45) is 5.92 Å². The Balaban J connectivity index is 2.07. The van der Waals surface area contributed by atoms with Crippen molar-refractivity contribution in [2.75, 3.05) is 13.1 Å². The molecule has 1 aromatic carbocycles. The first-order valence-electron chi connectivity index (χ1n) is 5.95. The van der Waals surface area contributed by atoms with Crippen molar-refractivity contribution in [3.63, 3.8) is 0 Å². The molecule has 0 unspecified atom stereocenters. The van der Waals surface area contributed by atoms with E-state index >= 15 is 0 Å². The molecule has 1 N–H and O–H groups in total. The topological polar surface area (TPSA) is 57.6 Å². The van der Waals surface area contributed by atoms with Gasteiger partial charge in [0.2, 0.25) is 0 Å². The Hall–Kier alpha value is -1.07. The first-order valence-corrected chi connectivity index (χ1v) is 7.12. The monoisotopic (exact) mass is 345 g/mol. The number of hydrogen-bond donors (Lipinski definition) is 1. The fraction of sp³-hybridized carbons (Fsp3) is 0.385.